The zero-order chi connectivity index (χ0) is 21.5. The van der Waals surface area contributed by atoms with Gasteiger partial charge in [0.25, 0.3) is 0 Å². The number of nitrogens with one attached hydrogen (secondary N) is 1. The van der Waals surface area contributed by atoms with Crippen molar-refractivity contribution in [2.45, 2.75) is 47.5 Å². The molecule has 2 N–H and O–H groups in total. The molecule has 29 heavy (non-hydrogen) atoms. The Morgan fingerprint density at radius 2 is 1.62 bits per heavy atom. The van der Waals surface area contributed by atoms with E-state index in [0.717, 1.165) is 49.4 Å². The summed E-state index contributed by atoms with van der Waals surface area (Å²) in [5.74, 6) is 0.134. The monoisotopic (exact) mass is 396 g/mol. The second kappa shape index (κ2) is 7.93. The normalized spacial score (nSPS) is 12.4. The van der Waals surface area contributed by atoms with Gasteiger partial charge in [-0.25, -0.2) is 0 Å². The fourth-order valence-electron chi connectivity index (χ4n) is 4.43. The molecule has 0 fully saturated rings. The highest BCUT2D eigenvalue weighted by atomic mass is 19.2. The van der Waals surface area contributed by atoms with E-state index in [1.54, 1.807) is 31.2 Å². The lowest BCUT2D eigenvalue weighted by Gasteiger charge is -2.14. The fourth-order valence-corrected chi connectivity index (χ4v) is 4.43. The number of hydrogen-bond acceptors (Lipinski definition) is 1. The third kappa shape index (κ3) is 3.41. The average molecular weight is 396 g/mol. The van der Waals surface area contributed by atoms with Crippen molar-refractivity contribution in [2.75, 3.05) is 0 Å². The summed E-state index contributed by atoms with van der Waals surface area (Å²) >= 11 is 0. The third-order valence-corrected chi connectivity index (χ3v) is 5.86. The van der Waals surface area contributed by atoms with Crippen molar-refractivity contribution in [3.05, 3.63) is 74.2 Å². The number of halogens is 2. The van der Waals surface area contributed by atoms with E-state index in [1.807, 2.05) is 20.8 Å². The summed E-state index contributed by atoms with van der Waals surface area (Å²) in [6, 6.07) is 6.70. The number of benzene rings is 1. The highest BCUT2D eigenvalue weighted by molar-refractivity contribution is 6.41. The van der Waals surface area contributed by atoms with Crippen molar-refractivity contribution in [3.63, 3.8) is 0 Å². The summed E-state index contributed by atoms with van der Waals surface area (Å²) in [5, 5.41) is 11.3. The molecule has 0 aliphatic rings. The lowest BCUT2D eigenvalue weighted by Crippen LogP contribution is -2.23. The van der Waals surface area contributed by atoms with Crippen LogP contribution in [0.15, 0.2) is 24.3 Å². The smallest absolute Gasteiger partial charge is 0.508 e. The Kier molecular flexibility index (Phi) is 5.74. The third-order valence-electron chi connectivity index (χ3n) is 5.86. The molecule has 0 radical (unpaired) electrons. The van der Waals surface area contributed by atoms with E-state index >= 15 is 0 Å². The second-order valence-corrected chi connectivity index (χ2v) is 7.40. The lowest BCUT2D eigenvalue weighted by atomic mass is 9.95. The zero-order valence-electron chi connectivity index (χ0n) is 17.7. The van der Waals surface area contributed by atoms with E-state index in [-0.39, 0.29) is 5.75 Å². The van der Waals surface area contributed by atoms with Crippen LogP contribution in [0.2, 0.25) is 0 Å². The minimum Gasteiger partial charge on any atom is -0.508 e. The molecule has 0 amide bonds. The Labute approximate surface area is 170 Å². The van der Waals surface area contributed by atoms with E-state index in [0.29, 0.717) is 23.4 Å². The predicted molar refractivity (Wildman–Crippen MR) is 116 cm³/mol. The molecule has 2 aromatic heterocycles. The molecule has 3 aromatic rings. The fraction of sp³-hybridized carbons (Fsp3) is 0.304. The first kappa shape index (κ1) is 21.0. The van der Waals surface area contributed by atoms with Crippen LogP contribution >= 0.6 is 0 Å². The Hall–Kier alpha value is -2.76. The maximum Gasteiger partial charge on any atom is 0.677 e. The molecule has 0 saturated carbocycles. The van der Waals surface area contributed by atoms with Gasteiger partial charge in [-0.2, -0.15) is 0 Å². The molecule has 3 rings (SSSR count). The number of aromatic hydroxyl groups is 1. The molecule has 3 nitrogen and oxygen atoms in total. The van der Waals surface area contributed by atoms with Gasteiger partial charge in [0.1, 0.15) is 5.75 Å². The molecule has 2 heterocycles. The number of hydrogen-bond donors (Lipinski definition) is 2. The molecule has 1 aromatic carbocycles. The number of H-pyrrole nitrogens is 1. The summed E-state index contributed by atoms with van der Waals surface area (Å²) in [6.07, 6.45) is 1.48. The SMILES string of the molecule is C=c1[nH]/c(=C(/c2ccc(O)cc2)c2c(C)c(CC)c(C)n2B(F)F)c(C)c1CC. The number of aromatic nitrogens is 2. The van der Waals surface area contributed by atoms with Gasteiger partial charge in [0.15, 0.2) is 0 Å². The molecule has 6 heteroatoms. The van der Waals surface area contributed by atoms with E-state index in [4.69, 9.17) is 0 Å². The number of phenols is 1. The quantitative estimate of drug-likeness (QED) is 0.629. The minimum atomic E-state index is -2.66. The first-order chi connectivity index (χ1) is 13.7. The Morgan fingerprint density at radius 3 is 2.10 bits per heavy atom. The van der Waals surface area contributed by atoms with Crippen molar-refractivity contribution >= 4 is 19.6 Å². The first-order valence-corrected chi connectivity index (χ1v) is 9.91. The van der Waals surface area contributed by atoms with Crippen LogP contribution < -0.4 is 10.7 Å². The topological polar surface area (TPSA) is 40.9 Å². The van der Waals surface area contributed by atoms with Crippen molar-refractivity contribution < 1.29 is 13.7 Å². The van der Waals surface area contributed by atoms with Crippen molar-refractivity contribution in [3.8, 4) is 5.75 Å². The standard InChI is InChI=1S/C23H27BF2N2O/c1-7-19-13(3)22(27-15(19)5)21(17-9-11-18(29)12-10-17)23-14(4)20(8-2)16(6)28(23)24(25)26/h9-12,27,29H,5,7-8H2,1-4,6H3/b22-21-. The maximum atomic E-state index is 14.2. The highest BCUT2D eigenvalue weighted by Crippen LogP contribution is 2.32. The first-order valence-electron chi connectivity index (χ1n) is 9.91. The van der Waals surface area contributed by atoms with Crippen LogP contribution in [0, 0.1) is 20.8 Å². The molecular weight excluding hydrogens is 369 g/mol. The Balaban J connectivity index is 2.56. The van der Waals surface area contributed by atoms with E-state index in [2.05, 4.69) is 18.5 Å². The van der Waals surface area contributed by atoms with Crippen LogP contribution in [0.1, 0.15) is 53.1 Å². The molecule has 0 saturated heterocycles. The Morgan fingerprint density at radius 1 is 1.03 bits per heavy atom. The molecule has 0 aliphatic carbocycles. The zero-order valence-corrected chi connectivity index (χ0v) is 17.7. The average Bonchev–Trinajstić information content (AvgIpc) is 3.09. The maximum absolute atomic E-state index is 14.2. The molecular formula is C23H27BF2N2O. The summed E-state index contributed by atoms with van der Waals surface area (Å²) in [7, 11) is -2.66. The number of rotatable bonds is 5. The summed E-state index contributed by atoms with van der Waals surface area (Å²) < 4.78 is 29.6. The summed E-state index contributed by atoms with van der Waals surface area (Å²) in [4.78, 5) is 3.35. The van der Waals surface area contributed by atoms with Gasteiger partial charge in [-0.05, 0) is 73.6 Å². The molecule has 0 aliphatic heterocycles. The van der Waals surface area contributed by atoms with Crippen molar-refractivity contribution in [1.29, 1.82) is 0 Å². The van der Waals surface area contributed by atoms with Gasteiger partial charge in [0.05, 0.1) is 5.35 Å². The largest absolute Gasteiger partial charge is 0.677 e. The van der Waals surface area contributed by atoms with E-state index < -0.39 is 7.40 Å². The Bertz CT molecular complexity index is 1160. The molecule has 0 bridgehead atoms. The van der Waals surface area contributed by atoms with Gasteiger partial charge in [-0.3, -0.25) is 8.63 Å². The van der Waals surface area contributed by atoms with Crippen LogP contribution in [0.5, 0.6) is 5.75 Å². The molecule has 152 valence electrons. The number of aromatic amines is 1. The predicted octanol–water partition coefficient (Wildman–Crippen LogP) is 4.00. The minimum absolute atomic E-state index is 0.134. The van der Waals surface area contributed by atoms with Gasteiger partial charge in [-0.1, -0.05) is 32.6 Å². The van der Waals surface area contributed by atoms with Crippen LogP contribution in [0.4, 0.5) is 8.63 Å². The van der Waals surface area contributed by atoms with Gasteiger partial charge in [0, 0.05) is 22.3 Å². The van der Waals surface area contributed by atoms with Gasteiger partial charge < -0.3 is 14.6 Å². The van der Waals surface area contributed by atoms with Crippen LogP contribution in [0.25, 0.3) is 12.2 Å². The van der Waals surface area contributed by atoms with Gasteiger partial charge >= 0.3 is 7.40 Å². The van der Waals surface area contributed by atoms with Gasteiger partial charge in [0.2, 0.25) is 0 Å². The summed E-state index contributed by atoms with van der Waals surface area (Å²) in [5.41, 5.74) is 6.45. The highest BCUT2D eigenvalue weighted by Gasteiger charge is 2.30. The lowest BCUT2D eigenvalue weighted by molar-refractivity contribution is 0.475. The van der Waals surface area contributed by atoms with Gasteiger partial charge in [-0.15, -0.1) is 0 Å². The van der Waals surface area contributed by atoms with Crippen LogP contribution in [0.3, 0.4) is 0 Å². The van der Waals surface area contributed by atoms with Crippen molar-refractivity contribution in [2.24, 2.45) is 0 Å². The van der Waals surface area contributed by atoms with Crippen molar-refractivity contribution in [1.82, 2.24) is 9.46 Å². The van der Waals surface area contributed by atoms with E-state index in [1.165, 1.54) is 0 Å². The molecule has 0 atom stereocenters. The molecule has 0 spiro atoms. The number of phenolic OH excluding ortho intramolecular Hbond substituents is 1. The summed E-state index contributed by atoms with van der Waals surface area (Å²) in [6.45, 7) is 13.8. The molecule has 0 unspecified atom stereocenters. The second-order valence-electron chi connectivity index (χ2n) is 7.40. The van der Waals surface area contributed by atoms with Crippen LogP contribution in [-0.4, -0.2) is 22.0 Å². The van der Waals surface area contributed by atoms with Crippen LogP contribution in [-0.2, 0) is 12.8 Å². The number of nitrogens with zero attached hydrogens (tertiary/aromatic N) is 1. The van der Waals surface area contributed by atoms with E-state index in [9.17, 15) is 13.7 Å².